The number of nitrogens with two attached hydrogens (primary N) is 1. The molecular formula is C7H10N2S. The number of thioether (sulfide) groups is 1. The number of rotatable bonds is 0. The Kier molecular flexibility index (Phi) is 1.56. The van der Waals surface area contributed by atoms with Gasteiger partial charge in [0.15, 0.2) is 0 Å². The van der Waals surface area contributed by atoms with Crippen LogP contribution in [0.15, 0.2) is 24.3 Å². The van der Waals surface area contributed by atoms with Crippen molar-refractivity contribution in [2.75, 3.05) is 0 Å². The smallest absolute Gasteiger partial charge is 0.104 e. The lowest BCUT2D eigenvalue weighted by Crippen LogP contribution is -2.35. The van der Waals surface area contributed by atoms with Crippen molar-refractivity contribution in [2.45, 2.75) is 16.8 Å². The van der Waals surface area contributed by atoms with Crippen LogP contribution in [-0.2, 0) is 0 Å². The molecule has 2 nitrogen and oxygen atoms in total. The molecule has 0 bridgehead atoms. The maximum atomic E-state index is 5.68. The largest absolute Gasteiger partial charge is 0.307 e. The predicted molar refractivity (Wildman–Crippen MR) is 44.6 cm³/mol. The van der Waals surface area contributed by atoms with E-state index in [4.69, 9.17) is 5.73 Å². The van der Waals surface area contributed by atoms with Crippen LogP contribution in [0.25, 0.3) is 0 Å². The number of allylic oxidation sites excluding steroid dienone is 2. The standard InChI is InChI=1S/C7H10N2S/c8-7-9-5-3-1-2-4-6(5)10-7/h1-7,9H,8H2. The Morgan fingerprint density at radius 3 is 2.90 bits per heavy atom. The minimum atomic E-state index is 0.113. The number of hydrogen-bond acceptors (Lipinski definition) is 3. The Morgan fingerprint density at radius 1 is 1.30 bits per heavy atom. The van der Waals surface area contributed by atoms with Crippen molar-refractivity contribution in [3.8, 4) is 0 Å². The van der Waals surface area contributed by atoms with Gasteiger partial charge in [-0.05, 0) is 0 Å². The molecule has 1 heterocycles. The summed E-state index contributed by atoms with van der Waals surface area (Å²) < 4.78 is 0. The highest BCUT2D eigenvalue weighted by molar-refractivity contribution is 8.00. The molecule has 0 aromatic heterocycles. The summed E-state index contributed by atoms with van der Waals surface area (Å²) in [6.45, 7) is 0. The fraction of sp³-hybridized carbons (Fsp3) is 0.429. The molecule has 0 spiro atoms. The normalized spacial score (nSPS) is 43.9. The van der Waals surface area contributed by atoms with Gasteiger partial charge in [0.1, 0.15) is 5.50 Å². The molecule has 0 aromatic carbocycles. The van der Waals surface area contributed by atoms with Crippen LogP contribution in [0.4, 0.5) is 0 Å². The molecule has 1 aliphatic carbocycles. The Hall–Kier alpha value is -0.250. The molecule has 2 aliphatic rings. The minimum Gasteiger partial charge on any atom is -0.307 e. The maximum Gasteiger partial charge on any atom is 0.104 e. The van der Waals surface area contributed by atoms with Crippen molar-refractivity contribution in [3.05, 3.63) is 24.3 Å². The van der Waals surface area contributed by atoms with Gasteiger partial charge < -0.3 is 5.73 Å². The van der Waals surface area contributed by atoms with Crippen LogP contribution in [-0.4, -0.2) is 16.8 Å². The van der Waals surface area contributed by atoms with Gasteiger partial charge in [0, 0.05) is 11.3 Å². The van der Waals surface area contributed by atoms with Gasteiger partial charge in [0.05, 0.1) is 0 Å². The number of nitrogens with one attached hydrogen (secondary N) is 1. The zero-order chi connectivity index (χ0) is 6.97. The van der Waals surface area contributed by atoms with E-state index >= 15 is 0 Å². The topological polar surface area (TPSA) is 38.0 Å². The van der Waals surface area contributed by atoms with Gasteiger partial charge in [-0.25, -0.2) is 0 Å². The van der Waals surface area contributed by atoms with Crippen LogP contribution in [0.2, 0.25) is 0 Å². The van der Waals surface area contributed by atoms with Gasteiger partial charge in [-0.2, -0.15) is 0 Å². The lowest BCUT2D eigenvalue weighted by molar-refractivity contribution is 0.627. The Bertz CT molecular complexity index is 168. The first-order valence-electron chi connectivity index (χ1n) is 3.38. The SMILES string of the molecule is NC1NC2C=CC=CC2S1. The van der Waals surface area contributed by atoms with Gasteiger partial charge >= 0.3 is 0 Å². The molecule has 0 saturated carbocycles. The highest BCUT2D eigenvalue weighted by atomic mass is 32.2. The van der Waals surface area contributed by atoms with Crippen LogP contribution in [0.5, 0.6) is 0 Å². The van der Waals surface area contributed by atoms with Crippen LogP contribution in [0.1, 0.15) is 0 Å². The minimum absolute atomic E-state index is 0.113. The van der Waals surface area contributed by atoms with Crippen LogP contribution >= 0.6 is 11.8 Å². The van der Waals surface area contributed by atoms with E-state index in [1.165, 1.54) is 0 Å². The molecular weight excluding hydrogens is 144 g/mol. The quantitative estimate of drug-likeness (QED) is 0.531. The van der Waals surface area contributed by atoms with E-state index in [0.29, 0.717) is 11.3 Å². The Morgan fingerprint density at radius 2 is 2.10 bits per heavy atom. The van der Waals surface area contributed by atoms with Gasteiger partial charge in [-0.1, -0.05) is 24.3 Å². The van der Waals surface area contributed by atoms with Gasteiger partial charge in [-0.15, -0.1) is 11.8 Å². The number of hydrogen-bond donors (Lipinski definition) is 2. The van der Waals surface area contributed by atoms with Crippen LogP contribution in [0.3, 0.4) is 0 Å². The summed E-state index contributed by atoms with van der Waals surface area (Å²) in [7, 11) is 0. The van der Waals surface area contributed by atoms with Gasteiger partial charge in [0.25, 0.3) is 0 Å². The maximum absolute atomic E-state index is 5.68. The van der Waals surface area contributed by atoms with Crippen LogP contribution < -0.4 is 11.1 Å². The monoisotopic (exact) mass is 154 g/mol. The average molecular weight is 154 g/mol. The van der Waals surface area contributed by atoms with E-state index in [0.717, 1.165) is 0 Å². The molecule has 3 heteroatoms. The molecule has 0 radical (unpaired) electrons. The van der Waals surface area contributed by atoms with E-state index < -0.39 is 0 Å². The Balaban J connectivity index is 2.14. The van der Waals surface area contributed by atoms with E-state index in [-0.39, 0.29) is 5.50 Å². The predicted octanol–water partition coefficient (Wildman–Crippen LogP) is 0.428. The third-order valence-electron chi connectivity index (χ3n) is 1.74. The molecule has 1 saturated heterocycles. The fourth-order valence-corrected chi connectivity index (χ4v) is 2.36. The van der Waals surface area contributed by atoms with E-state index in [9.17, 15) is 0 Å². The molecule has 3 N–H and O–H groups in total. The first-order chi connectivity index (χ1) is 4.86. The molecule has 1 fully saturated rings. The molecule has 3 atom stereocenters. The summed E-state index contributed by atoms with van der Waals surface area (Å²) in [5, 5.41) is 3.81. The zero-order valence-electron chi connectivity index (χ0n) is 5.53. The van der Waals surface area contributed by atoms with Crippen molar-refractivity contribution in [1.82, 2.24) is 5.32 Å². The molecule has 0 aromatic rings. The first kappa shape index (κ1) is 6.46. The van der Waals surface area contributed by atoms with E-state index in [2.05, 4.69) is 29.6 Å². The zero-order valence-corrected chi connectivity index (χ0v) is 6.34. The third-order valence-corrected chi connectivity index (χ3v) is 2.94. The summed E-state index contributed by atoms with van der Waals surface area (Å²) in [6.07, 6.45) is 8.49. The number of fused-ring (bicyclic) bond motifs is 1. The van der Waals surface area contributed by atoms with E-state index in [1.807, 2.05) is 0 Å². The summed E-state index contributed by atoms with van der Waals surface area (Å²) in [4.78, 5) is 0. The van der Waals surface area contributed by atoms with E-state index in [1.54, 1.807) is 11.8 Å². The molecule has 10 heavy (non-hydrogen) atoms. The first-order valence-corrected chi connectivity index (χ1v) is 4.32. The van der Waals surface area contributed by atoms with Gasteiger partial charge in [-0.3, -0.25) is 5.32 Å². The van der Waals surface area contributed by atoms with Crippen LogP contribution in [0, 0.1) is 0 Å². The summed E-state index contributed by atoms with van der Waals surface area (Å²) in [6, 6.07) is 0.463. The van der Waals surface area contributed by atoms with Gasteiger partial charge in [0.2, 0.25) is 0 Å². The summed E-state index contributed by atoms with van der Waals surface area (Å²) >= 11 is 1.78. The molecule has 2 rings (SSSR count). The molecule has 0 amide bonds. The molecule has 54 valence electrons. The average Bonchev–Trinajstić information content (AvgIpc) is 2.27. The second kappa shape index (κ2) is 2.42. The summed E-state index contributed by atoms with van der Waals surface area (Å²) in [5.41, 5.74) is 5.79. The van der Waals surface area contributed by atoms with Crippen molar-refractivity contribution in [1.29, 1.82) is 0 Å². The second-order valence-electron chi connectivity index (χ2n) is 2.48. The highest BCUT2D eigenvalue weighted by Gasteiger charge is 2.29. The lowest BCUT2D eigenvalue weighted by atomic mass is 10.1. The summed E-state index contributed by atoms with van der Waals surface area (Å²) in [5.74, 6) is 0. The molecule has 3 unspecified atom stereocenters. The molecule has 1 aliphatic heterocycles. The fourth-order valence-electron chi connectivity index (χ4n) is 1.27. The Labute approximate surface area is 64.6 Å². The van der Waals surface area contributed by atoms with Crippen molar-refractivity contribution < 1.29 is 0 Å². The highest BCUT2D eigenvalue weighted by Crippen LogP contribution is 2.27. The second-order valence-corrected chi connectivity index (χ2v) is 3.81. The van der Waals surface area contributed by atoms with Crippen molar-refractivity contribution >= 4 is 11.8 Å². The van der Waals surface area contributed by atoms with Crippen molar-refractivity contribution in [3.63, 3.8) is 0 Å². The third kappa shape index (κ3) is 1.00. The lowest BCUT2D eigenvalue weighted by Gasteiger charge is -2.12. The van der Waals surface area contributed by atoms with Crippen molar-refractivity contribution in [2.24, 2.45) is 5.73 Å².